The van der Waals surface area contributed by atoms with Gasteiger partial charge in [0.1, 0.15) is 0 Å². The summed E-state index contributed by atoms with van der Waals surface area (Å²) in [6.07, 6.45) is 4.36. The monoisotopic (exact) mass is 227 g/mol. The third-order valence-electron chi connectivity index (χ3n) is 3.96. The molecule has 0 spiro atoms. The first kappa shape index (κ1) is 11.8. The lowest BCUT2D eigenvalue weighted by Gasteiger charge is -2.41. The molecule has 3 atom stereocenters. The summed E-state index contributed by atoms with van der Waals surface area (Å²) < 4.78 is 0. The molecular formula is C11H21N3O2. The van der Waals surface area contributed by atoms with Gasteiger partial charge in [-0.2, -0.15) is 0 Å². The van der Waals surface area contributed by atoms with E-state index in [2.05, 4.69) is 10.3 Å². The van der Waals surface area contributed by atoms with E-state index in [1.165, 1.54) is 0 Å². The van der Waals surface area contributed by atoms with Gasteiger partial charge in [0.25, 0.3) is 5.91 Å². The Balaban J connectivity index is 2.11. The highest BCUT2D eigenvalue weighted by Gasteiger charge is 2.44. The van der Waals surface area contributed by atoms with E-state index in [4.69, 9.17) is 5.84 Å². The highest BCUT2D eigenvalue weighted by Crippen LogP contribution is 2.37. The van der Waals surface area contributed by atoms with E-state index in [9.17, 15) is 9.90 Å². The predicted octanol–water partition coefficient (Wildman–Crippen LogP) is -0.257. The highest BCUT2D eigenvalue weighted by atomic mass is 16.3. The number of rotatable bonds is 3. The molecule has 4 N–H and O–H groups in total. The lowest BCUT2D eigenvalue weighted by Crippen LogP contribution is -2.56. The van der Waals surface area contributed by atoms with Gasteiger partial charge in [0.2, 0.25) is 0 Å². The van der Waals surface area contributed by atoms with E-state index in [1.54, 1.807) is 0 Å². The second kappa shape index (κ2) is 4.69. The molecule has 1 amide bonds. The molecular weight excluding hydrogens is 206 g/mol. The van der Waals surface area contributed by atoms with E-state index in [0.717, 1.165) is 32.1 Å². The van der Waals surface area contributed by atoms with Crippen LogP contribution < -0.4 is 11.3 Å². The minimum atomic E-state index is -0.188. The fraction of sp³-hybridized carbons (Fsp3) is 0.909. The molecule has 0 aliphatic carbocycles. The SMILES string of the molecule is CCC(C(=O)NN)N1C2CCC1CC(O)C2. The Kier molecular flexibility index (Phi) is 3.47. The Morgan fingerprint density at radius 1 is 1.50 bits per heavy atom. The largest absolute Gasteiger partial charge is 0.393 e. The Morgan fingerprint density at radius 3 is 2.50 bits per heavy atom. The molecule has 2 saturated heterocycles. The van der Waals surface area contributed by atoms with Gasteiger partial charge in [-0.3, -0.25) is 15.1 Å². The molecule has 16 heavy (non-hydrogen) atoms. The summed E-state index contributed by atoms with van der Waals surface area (Å²) in [6, 6.07) is 0.585. The van der Waals surface area contributed by atoms with Crippen LogP contribution in [-0.4, -0.2) is 40.1 Å². The quantitative estimate of drug-likeness (QED) is 0.353. The lowest BCUT2D eigenvalue weighted by atomic mass is 9.96. The fourth-order valence-electron chi connectivity index (χ4n) is 3.32. The number of nitrogens with two attached hydrogens (primary N) is 1. The first-order chi connectivity index (χ1) is 7.67. The Labute approximate surface area is 96.0 Å². The number of amides is 1. The molecule has 0 radical (unpaired) electrons. The van der Waals surface area contributed by atoms with Crippen molar-refractivity contribution in [2.24, 2.45) is 5.84 Å². The lowest BCUT2D eigenvalue weighted by molar-refractivity contribution is -0.129. The number of aliphatic hydroxyl groups excluding tert-OH is 1. The predicted molar refractivity (Wildman–Crippen MR) is 60.3 cm³/mol. The van der Waals surface area contributed by atoms with Crippen LogP contribution in [0.15, 0.2) is 0 Å². The minimum Gasteiger partial charge on any atom is -0.393 e. The number of nitrogens with zero attached hydrogens (tertiary/aromatic N) is 1. The fourth-order valence-corrected chi connectivity index (χ4v) is 3.32. The smallest absolute Gasteiger partial charge is 0.251 e. The second-order valence-electron chi connectivity index (χ2n) is 4.89. The highest BCUT2D eigenvalue weighted by molar-refractivity contribution is 5.81. The summed E-state index contributed by atoms with van der Waals surface area (Å²) >= 11 is 0. The number of piperidine rings is 1. The van der Waals surface area contributed by atoms with Gasteiger partial charge in [0, 0.05) is 12.1 Å². The van der Waals surface area contributed by atoms with Crippen LogP contribution in [-0.2, 0) is 4.79 Å². The topological polar surface area (TPSA) is 78.6 Å². The maximum Gasteiger partial charge on any atom is 0.251 e. The Morgan fingerprint density at radius 2 is 2.06 bits per heavy atom. The average Bonchev–Trinajstić information content (AvgIpc) is 2.53. The Hall–Kier alpha value is -0.650. The molecule has 2 aliphatic heterocycles. The minimum absolute atomic E-state index is 0.101. The molecule has 0 aromatic carbocycles. The summed E-state index contributed by atoms with van der Waals surface area (Å²) in [5, 5.41) is 9.71. The summed E-state index contributed by atoms with van der Waals surface area (Å²) in [7, 11) is 0. The molecule has 0 aromatic heterocycles. The molecule has 5 heteroatoms. The summed E-state index contributed by atoms with van der Waals surface area (Å²) in [5.41, 5.74) is 2.25. The van der Waals surface area contributed by atoms with E-state index in [-0.39, 0.29) is 18.1 Å². The van der Waals surface area contributed by atoms with Gasteiger partial charge >= 0.3 is 0 Å². The van der Waals surface area contributed by atoms with Crippen molar-refractivity contribution in [2.75, 3.05) is 0 Å². The van der Waals surface area contributed by atoms with Crippen LogP contribution in [0.5, 0.6) is 0 Å². The Bertz CT molecular complexity index is 258. The van der Waals surface area contributed by atoms with Crippen molar-refractivity contribution in [3.8, 4) is 0 Å². The van der Waals surface area contributed by atoms with Crippen LogP contribution in [0.3, 0.4) is 0 Å². The van der Waals surface area contributed by atoms with Crippen molar-refractivity contribution in [1.82, 2.24) is 10.3 Å². The van der Waals surface area contributed by atoms with E-state index >= 15 is 0 Å². The van der Waals surface area contributed by atoms with Crippen LogP contribution in [0.4, 0.5) is 0 Å². The number of hydrogen-bond donors (Lipinski definition) is 3. The third-order valence-corrected chi connectivity index (χ3v) is 3.96. The number of carbonyl (C=O) groups is 1. The van der Waals surface area contributed by atoms with Crippen LogP contribution in [0.25, 0.3) is 0 Å². The maximum atomic E-state index is 11.7. The van der Waals surface area contributed by atoms with Gasteiger partial charge < -0.3 is 5.11 Å². The van der Waals surface area contributed by atoms with Crippen LogP contribution >= 0.6 is 0 Å². The van der Waals surface area contributed by atoms with Crippen molar-refractivity contribution >= 4 is 5.91 Å². The summed E-state index contributed by atoms with van der Waals surface area (Å²) in [5.74, 6) is 5.12. The van der Waals surface area contributed by atoms with Crippen molar-refractivity contribution in [3.63, 3.8) is 0 Å². The van der Waals surface area contributed by atoms with E-state index < -0.39 is 0 Å². The van der Waals surface area contributed by atoms with Gasteiger partial charge in [-0.1, -0.05) is 6.92 Å². The normalized spacial score (nSPS) is 36.1. The molecule has 0 aromatic rings. The van der Waals surface area contributed by atoms with E-state index in [0.29, 0.717) is 12.1 Å². The molecule has 2 heterocycles. The van der Waals surface area contributed by atoms with E-state index in [1.807, 2.05) is 6.92 Å². The molecule has 2 fully saturated rings. The molecule has 0 saturated carbocycles. The van der Waals surface area contributed by atoms with Crippen molar-refractivity contribution in [3.05, 3.63) is 0 Å². The number of hydrazine groups is 1. The number of nitrogens with one attached hydrogen (secondary N) is 1. The molecule has 2 bridgehead atoms. The van der Waals surface area contributed by atoms with Crippen LogP contribution in [0.2, 0.25) is 0 Å². The van der Waals surface area contributed by atoms with Gasteiger partial charge in [-0.15, -0.1) is 0 Å². The third kappa shape index (κ3) is 1.95. The molecule has 2 aliphatic rings. The van der Waals surface area contributed by atoms with Crippen LogP contribution in [0, 0.1) is 0 Å². The second-order valence-corrected chi connectivity index (χ2v) is 4.89. The van der Waals surface area contributed by atoms with Crippen molar-refractivity contribution in [2.45, 2.75) is 63.3 Å². The number of fused-ring (bicyclic) bond motifs is 2. The van der Waals surface area contributed by atoms with Gasteiger partial charge in [-0.25, -0.2) is 5.84 Å². The zero-order valence-corrected chi connectivity index (χ0v) is 9.72. The van der Waals surface area contributed by atoms with Crippen LogP contribution in [0.1, 0.15) is 39.0 Å². The zero-order chi connectivity index (χ0) is 11.7. The summed E-state index contributed by atoms with van der Waals surface area (Å²) in [4.78, 5) is 14.0. The first-order valence-corrected chi connectivity index (χ1v) is 6.13. The first-order valence-electron chi connectivity index (χ1n) is 6.13. The molecule has 2 rings (SSSR count). The zero-order valence-electron chi connectivity index (χ0n) is 9.72. The standard InChI is InChI=1S/C11H21N3O2/c1-2-10(11(16)13-12)14-7-3-4-8(14)6-9(15)5-7/h7-10,15H,2-6,12H2,1H3,(H,13,16). The maximum absolute atomic E-state index is 11.7. The van der Waals surface area contributed by atoms with Crippen molar-refractivity contribution < 1.29 is 9.90 Å². The number of aliphatic hydroxyl groups is 1. The molecule has 92 valence electrons. The average molecular weight is 227 g/mol. The number of hydrogen-bond acceptors (Lipinski definition) is 4. The van der Waals surface area contributed by atoms with Gasteiger partial charge in [0.05, 0.1) is 12.1 Å². The summed E-state index contributed by atoms with van der Waals surface area (Å²) in [6.45, 7) is 2.00. The molecule has 5 nitrogen and oxygen atoms in total. The van der Waals surface area contributed by atoms with Gasteiger partial charge in [0.15, 0.2) is 0 Å². The van der Waals surface area contributed by atoms with Crippen molar-refractivity contribution in [1.29, 1.82) is 0 Å². The van der Waals surface area contributed by atoms with Gasteiger partial charge in [-0.05, 0) is 32.1 Å². The molecule has 3 unspecified atom stereocenters. The number of carbonyl (C=O) groups excluding carboxylic acids is 1.